The Hall–Kier alpha value is -2.70. The van der Waals surface area contributed by atoms with Crippen LogP contribution in [0.25, 0.3) is 11.1 Å². The van der Waals surface area contributed by atoms with Crippen molar-refractivity contribution in [1.29, 1.82) is 0 Å². The number of nitrogens with zero attached hydrogens (tertiary/aromatic N) is 1. The topological polar surface area (TPSA) is 76.1 Å². The molecule has 2 aromatic rings. The Kier molecular flexibility index (Phi) is 4.91. The molecule has 1 N–H and O–H groups in total. The molecule has 0 bridgehead atoms. The van der Waals surface area contributed by atoms with Crippen LogP contribution in [0.3, 0.4) is 0 Å². The monoisotopic (exact) mass is 381 g/mol. The first-order valence-electron chi connectivity index (χ1n) is 9.46. The van der Waals surface area contributed by atoms with E-state index in [2.05, 4.69) is 0 Å². The largest absolute Gasteiger partial charge is 0.478 e. The van der Waals surface area contributed by atoms with E-state index >= 15 is 0 Å². The number of rotatable bonds is 3. The van der Waals surface area contributed by atoms with E-state index in [0.29, 0.717) is 43.0 Å². The maximum atomic E-state index is 13.4. The van der Waals surface area contributed by atoms with Gasteiger partial charge >= 0.3 is 5.97 Å². The standard InChI is InChI=1S/C22H23NO5/c1-15-12-23(13-22(28-15)10-11-27-14-22)20(24)18-8-4-2-6-16(18)17-7-3-5-9-19(17)21(25)26/h2-9,15H,10-14H2,1H3,(H,25,26). The highest BCUT2D eigenvalue weighted by molar-refractivity contribution is 6.04. The summed E-state index contributed by atoms with van der Waals surface area (Å²) in [5.41, 5.74) is 1.40. The van der Waals surface area contributed by atoms with Gasteiger partial charge < -0.3 is 19.5 Å². The predicted octanol–water partition coefficient (Wildman–Crippen LogP) is 3.07. The SMILES string of the molecule is CC1CN(C(=O)c2ccccc2-c2ccccc2C(=O)O)CC2(CCOC2)O1. The molecule has 28 heavy (non-hydrogen) atoms. The summed E-state index contributed by atoms with van der Waals surface area (Å²) >= 11 is 0. The van der Waals surface area contributed by atoms with Gasteiger partial charge in [0.15, 0.2) is 0 Å². The first kappa shape index (κ1) is 18.7. The number of carbonyl (C=O) groups excluding carboxylic acids is 1. The lowest BCUT2D eigenvalue weighted by Gasteiger charge is -2.43. The van der Waals surface area contributed by atoms with Gasteiger partial charge in [0.2, 0.25) is 0 Å². The molecule has 0 radical (unpaired) electrons. The average molecular weight is 381 g/mol. The Morgan fingerprint density at radius 3 is 2.36 bits per heavy atom. The van der Waals surface area contributed by atoms with Crippen molar-refractivity contribution in [2.75, 3.05) is 26.3 Å². The van der Waals surface area contributed by atoms with E-state index < -0.39 is 11.6 Å². The zero-order chi connectivity index (χ0) is 19.7. The van der Waals surface area contributed by atoms with Crippen LogP contribution < -0.4 is 0 Å². The predicted molar refractivity (Wildman–Crippen MR) is 103 cm³/mol. The average Bonchev–Trinajstić information content (AvgIpc) is 3.13. The van der Waals surface area contributed by atoms with E-state index in [0.717, 1.165) is 6.42 Å². The van der Waals surface area contributed by atoms with Crippen molar-refractivity contribution in [3.63, 3.8) is 0 Å². The Bertz CT molecular complexity index is 903. The van der Waals surface area contributed by atoms with E-state index in [9.17, 15) is 14.7 Å². The number of morpholine rings is 1. The molecule has 4 rings (SSSR count). The quantitative estimate of drug-likeness (QED) is 0.884. The highest BCUT2D eigenvalue weighted by Gasteiger charge is 2.44. The van der Waals surface area contributed by atoms with Crippen molar-refractivity contribution < 1.29 is 24.2 Å². The maximum absolute atomic E-state index is 13.4. The number of hydrogen-bond donors (Lipinski definition) is 1. The van der Waals surface area contributed by atoms with Gasteiger partial charge in [-0.2, -0.15) is 0 Å². The van der Waals surface area contributed by atoms with E-state index in [-0.39, 0.29) is 17.6 Å². The third-order valence-corrected chi connectivity index (χ3v) is 5.37. The van der Waals surface area contributed by atoms with Gasteiger partial charge in [0.25, 0.3) is 5.91 Å². The van der Waals surface area contributed by atoms with Gasteiger partial charge in [-0.25, -0.2) is 4.79 Å². The van der Waals surface area contributed by atoms with Gasteiger partial charge in [-0.1, -0.05) is 36.4 Å². The van der Waals surface area contributed by atoms with Crippen LogP contribution in [-0.2, 0) is 9.47 Å². The molecule has 0 aliphatic carbocycles. The lowest BCUT2D eigenvalue weighted by atomic mass is 9.93. The van der Waals surface area contributed by atoms with Gasteiger partial charge in [0.05, 0.1) is 24.8 Å². The molecule has 146 valence electrons. The van der Waals surface area contributed by atoms with Crippen molar-refractivity contribution in [3.8, 4) is 11.1 Å². The van der Waals surface area contributed by atoms with E-state index in [1.165, 1.54) is 0 Å². The Morgan fingerprint density at radius 1 is 1.07 bits per heavy atom. The van der Waals surface area contributed by atoms with Crippen LogP contribution in [0.2, 0.25) is 0 Å². The number of aromatic carboxylic acids is 1. The highest BCUT2D eigenvalue weighted by atomic mass is 16.6. The number of ether oxygens (including phenoxy) is 2. The van der Waals surface area contributed by atoms with Crippen molar-refractivity contribution in [1.82, 2.24) is 4.90 Å². The zero-order valence-corrected chi connectivity index (χ0v) is 15.8. The third kappa shape index (κ3) is 3.41. The van der Waals surface area contributed by atoms with Crippen LogP contribution >= 0.6 is 0 Å². The van der Waals surface area contributed by atoms with Crippen molar-refractivity contribution in [2.45, 2.75) is 25.0 Å². The second-order valence-electron chi connectivity index (χ2n) is 7.50. The molecule has 2 aliphatic heterocycles. The molecule has 0 aromatic heterocycles. The molecule has 1 amide bonds. The molecule has 0 saturated carbocycles. The Morgan fingerprint density at radius 2 is 1.71 bits per heavy atom. The second kappa shape index (κ2) is 7.37. The minimum absolute atomic E-state index is 0.0853. The van der Waals surface area contributed by atoms with Gasteiger partial charge in [-0.3, -0.25) is 4.79 Å². The first-order valence-corrected chi connectivity index (χ1v) is 9.46. The zero-order valence-electron chi connectivity index (χ0n) is 15.8. The highest BCUT2D eigenvalue weighted by Crippen LogP contribution is 2.33. The molecule has 6 nitrogen and oxygen atoms in total. The summed E-state index contributed by atoms with van der Waals surface area (Å²) in [6, 6.07) is 13.9. The summed E-state index contributed by atoms with van der Waals surface area (Å²) in [7, 11) is 0. The van der Waals surface area contributed by atoms with Crippen LogP contribution in [0.15, 0.2) is 48.5 Å². The lowest BCUT2D eigenvalue weighted by molar-refractivity contribution is -0.138. The minimum atomic E-state index is -1.01. The molecular formula is C22H23NO5. The molecule has 2 saturated heterocycles. The number of carboxylic acid groups (broad SMARTS) is 1. The molecule has 2 unspecified atom stereocenters. The molecular weight excluding hydrogens is 358 g/mol. The summed E-state index contributed by atoms with van der Waals surface area (Å²) in [5.74, 6) is -1.13. The molecule has 2 heterocycles. The summed E-state index contributed by atoms with van der Waals surface area (Å²) in [4.78, 5) is 26.9. The molecule has 6 heteroatoms. The summed E-state index contributed by atoms with van der Waals surface area (Å²) in [6.45, 7) is 4.06. The van der Waals surface area contributed by atoms with Crippen LogP contribution in [0, 0.1) is 0 Å². The number of carboxylic acids is 1. The summed E-state index contributed by atoms with van der Waals surface area (Å²) in [6.07, 6.45) is 0.683. The van der Waals surface area contributed by atoms with Crippen LogP contribution in [0.4, 0.5) is 0 Å². The molecule has 1 spiro atoms. The first-order chi connectivity index (χ1) is 13.5. The van der Waals surface area contributed by atoms with Crippen molar-refractivity contribution >= 4 is 11.9 Å². The summed E-state index contributed by atoms with van der Waals surface area (Å²) < 4.78 is 11.6. The summed E-state index contributed by atoms with van der Waals surface area (Å²) in [5, 5.41) is 9.55. The molecule has 2 atom stereocenters. The number of carbonyl (C=O) groups is 2. The molecule has 2 fully saturated rings. The second-order valence-corrected chi connectivity index (χ2v) is 7.50. The fraction of sp³-hybridized carbons (Fsp3) is 0.364. The third-order valence-electron chi connectivity index (χ3n) is 5.37. The maximum Gasteiger partial charge on any atom is 0.336 e. The molecule has 2 aromatic carbocycles. The van der Waals surface area contributed by atoms with Gasteiger partial charge in [-0.05, 0) is 30.2 Å². The van der Waals surface area contributed by atoms with Gasteiger partial charge in [0, 0.05) is 25.1 Å². The van der Waals surface area contributed by atoms with Gasteiger partial charge in [-0.15, -0.1) is 0 Å². The van der Waals surface area contributed by atoms with Crippen LogP contribution in [0.5, 0.6) is 0 Å². The van der Waals surface area contributed by atoms with Crippen LogP contribution in [-0.4, -0.2) is 59.9 Å². The smallest absolute Gasteiger partial charge is 0.336 e. The number of amides is 1. The van der Waals surface area contributed by atoms with E-state index in [1.54, 1.807) is 42.5 Å². The lowest BCUT2D eigenvalue weighted by Crippen LogP contribution is -2.57. The van der Waals surface area contributed by atoms with E-state index in [4.69, 9.17) is 9.47 Å². The fourth-order valence-corrected chi connectivity index (χ4v) is 4.16. The Balaban J connectivity index is 1.71. The normalized spacial score (nSPS) is 24.5. The van der Waals surface area contributed by atoms with Crippen molar-refractivity contribution in [2.24, 2.45) is 0 Å². The van der Waals surface area contributed by atoms with Crippen LogP contribution in [0.1, 0.15) is 34.1 Å². The number of hydrogen-bond acceptors (Lipinski definition) is 4. The molecule has 2 aliphatic rings. The number of benzene rings is 2. The van der Waals surface area contributed by atoms with Gasteiger partial charge in [0.1, 0.15) is 5.60 Å². The minimum Gasteiger partial charge on any atom is -0.478 e. The fourth-order valence-electron chi connectivity index (χ4n) is 4.16. The van der Waals surface area contributed by atoms with Crippen molar-refractivity contribution in [3.05, 3.63) is 59.7 Å². The Labute approximate surface area is 163 Å². The van der Waals surface area contributed by atoms with E-state index in [1.807, 2.05) is 17.9 Å².